The molecule has 86 valence electrons. The molecule has 0 aliphatic carbocycles. The highest BCUT2D eigenvalue weighted by atomic mass is 35.5. The van der Waals surface area contributed by atoms with E-state index in [1.807, 2.05) is 12.3 Å². The molecule has 1 fully saturated rings. The van der Waals surface area contributed by atoms with Gasteiger partial charge in [-0.3, -0.25) is 0 Å². The molecule has 0 spiro atoms. The van der Waals surface area contributed by atoms with Crippen molar-refractivity contribution in [3.8, 4) is 0 Å². The summed E-state index contributed by atoms with van der Waals surface area (Å²) in [5.74, 6) is 0. The van der Waals surface area contributed by atoms with Crippen molar-refractivity contribution < 1.29 is 0 Å². The molecule has 1 aromatic heterocycles. The molecular weight excluding hydrogens is 245 g/mol. The normalized spacial score (nSPS) is 16.2. The monoisotopic (exact) mass is 257 g/mol. The van der Waals surface area contributed by atoms with E-state index in [9.17, 15) is 0 Å². The predicted octanol–water partition coefficient (Wildman–Crippen LogP) is 3.04. The fraction of sp³-hybridized carbons (Fsp3) is 0.364. The minimum atomic E-state index is 0.258. The summed E-state index contributed by atoms with van der Waals surface area (Å²) in [5, 5.41) is 0.619. The Bertz CT molecular complexity index is 412. The number of anilines is 1. The van der Waals surface area contributed by atoms with Gasteiger partial charge in [-0.25, -0.2) is 4.98 Å². The van der Waals surface area contributed by atoms with Gasteiger partial charge in [-0.1, -0.05) is 23.2 Å². The molecule has 0 atom stereocenters. The topological polar surface area (TPSA) is 42.1 Å². The second-order valence-corrected chi connectivity index (χ2v) is 4.54. The molecule has 0 amide bonds. The van der Waals surface area contributed by atoms with Crippen LogP contribution in [0.4, 0.5) is 5.69 Å². The Balaban J connectivity index is 2.19. The molecule has 0 unspecified atom stereocenters. The number of halogens is 2. The number of nitrogens with two attached hydrogens (primary N) is 1. The Labute approximate surface area is 105 Å². The van der Waals surface area contributed by atoms with Gasteiger partial charge in [0.2, 0.25) is 0 Å². The van der Waals surface area contributed by atoms with Gasteiger partial charge in [0, 0.05) is 18.7 Å². The van der Waals surface area contributed by atoms with Crippen molar-refractivity contribution >= 4 is 35.0 Å². The van der Waals surface area contributed by atoms with E-state index in [0.717, 1.165) is 18.7 Å². The first-order valence-corrected chi connectivity index (χ1v) is 5.96. The molecule has 0 radical (unpaired) electrons. The molecule has 2 rings (SSSR count). The molecule has 1 aliphatic heterocycles. The second-order valence-electron chi connectivity index (χ2n) is 3.80. The van der Waals surface area contributed by atoms with Crippen LogP contribution in [0.25, 0.3) is 6.08 Å². The molecule has 0 bridgehead atoms. The van der Waals surface area contributed by atoms with Gasteiger partial charge >= 0.3 is 0 Å². The van der Waals surface area contributed by atoms with Crippen molar-refractivity contribution in [3.05, 3.63) is 28.1 Å². The number of likely N-dealkylation sites (tertiary alicyclic amines) is 1. The molecule has 1 aromatic rings. The third kappa shape index (κ3) is 2.60. The number of pyridine rings is 1. The highest BCUT2D eigenvalue weighted by Gasteiger charge is 2.08. The summed E-state index contributed by atoms with van der Waals surface area (Å²) in [6.07, 6.45) is 6.46. The van der Waals surface area contributed by atoms with E-state index in [-0.39, 0.29) is 5.15 Å². The van der Waals surface area contributed by atoms with Gasteiger partial charge in [-0.05, 0) is 31.2 Å². The summed E-state index contributed by atoms with van der Waals surface area (Å²) in [5.41, 5.74) is 7.10. The molecular formula is C11H13Cl2N3. The summed E-state index contributed by atoms with van der Waals surface area (Å²) in [6, 6.07) is 1.72. The summed E-state index contributed by atoms with van der Waals surface area (Å²) in [4.78, 5) is 6.12. The van der Waals surface area contributed by atoms with Crippen LogP contribution in [-0.2, 0) is 0 Å². The first-order valence-electron chi connectivity index (χ1n) is 5.20. The Hall–Kier alpha value is -0.930. The van der Waals surface area contributed by atoms with E-state index < -0.39 is 0 Å². The van der Waals surface area contributed by atoms with Crippen LogP contribution >= 0.6 is 23.2 Å². The summed E-state index contributed by atoms with van der Waals surface area (Å²) in [6.45, 7) is 2.20. The van der Waals surface area contributed by atoms with E-state index in [0.29, 0.717) is 10.8 Å². The zero-order valence-corrected chi connectivity index (χ0v) is 10.3. The van der Waals surface area contributed by atoms with E-state index in [1.165, 1.54) is 12.8 Å². The molecule has 1 aliphatic rings. The van der Waals surface area contributed by atoms with Gasteiger partial charge in [0.25, 0.3) is 0 Å². The Kier molecular flexibility index (Phi) is 3.56. The molecule has 2 heterocycles. The third-order valence-electron chi connectivity index (χ3n) is 2.62. The quantitative estimate of drug-likeness (QED) is 0.829. The number of nitrogens with zero attached hydrogens (tertiary/aromatic N) is 2. The number of nitrogen functional groups attached to an aromatic ring is 1. The zero-order chi connectivity index (χ0) is 11.5. The minimum absolute atomic E-state index is 0.258. The van der Waals surface area contributed by atoms with Crippen molar-refractivity contribution in [3.63, 3.8) is 0 Å². The number of hydrogen-bond acceptors (Lipinski definition) is 3. The first kappa shape index (κ1) is 11.6. The number of aromatic nitrogens is 1. The first-order chi connectivity index (χ1) is 7.66. The third-order valence-corrected chi connectivity index (χ3v) is 3.10. The Morgan fingerprint density at radius 2 is 2.00 bits per heavy atom. The van der Waals surface area contributed by atoms with Gasteiger partial charge in [0.05, 0.1) is 5.69 Å². The second kappa shape index (κ2) is 4.93. The molecule has 3 nitrogen and oxygen atoms in total. The van der Waals surface area contributed by atoms with Crippen molar-refractivity contribution in [2.24, 2.45) is 0 Å². The lowest BCUT2D eigenvalue weighted by molar-refractivity contribution is 0.471. The van der Waals surface area contributed by atoms with Gasteiger partial charge in [0.15, 0.2) is 5.15 Å². The Morgan fingerprint density at radius 1 is 1.31 bits per heavy atom. The van der Waals surface area contributed by atoms with Crippen LogP contribution in [0.1, 0.15) is 18.4 Å². The lowest BCUT2D eigenvalue weighted by Crippen LogP contribution is -2.10. The molecule has 5 heteroatoms. The van der Waals surface area contributed by atoms with Crippen LogP contribution in [0.2, 0.25) is 10.3 Å². The number of hydrogen-bond donors (Lipinski definition) is 1. The predicted molar refractivity (Wildman–Crippen MR) is 68.5 cm³/mol. The summed E-state index contributed by atoms with van der Waals surface area (Å²) in [7, 11) is 0. The molecule has 16 heavy (non-hydrogen) atoms. The smallest absolute Gasteiger partial charge is 0.154 e. The van der Waals surface area contributed by atoms with Crippen LogP contribution in [0.3, 0.4) is 0 Å². The van der Waals surface area contributed by atoms with Crippen LogP contribution in [0, 0.1) is 0 Å². The van der Waals surface area contributed by atoms with E-state index in [1.54, 1.807) is 6.07 Å². The minimum Gasteiger partial charge on any atom is -0.396 e. The standard InChI is InChI=1S/C11H13Cl2N3/c12-9-7-8(10(14)11(13)15-9)3-6-16-4-1-2-5-16/h3,6-7H,1-2,4-5,14H2/b6-3+. The van der Waals surface area contributed by atoms with E-state index >= 15 is 0 Å². The lowest BCUT2D eigenvalue weighted by Gasteiger charge is -2.10. The highest BCUT2D eigenvalue weighted by molar-refractivity contribution is 6.34. The van der Waals surface area contributed by atoms with E-state index in [4.69, 9.17) is 28.9 Å². The van der Waals surface area contributed by atoms with Crippen molar-refractivity contribution in [2.75, 3.05) is 18.8 Å². The number of rotatable bonds is 2. The van der Waals surface area contributed by atoms with Crippen LogP contribution in [-0.4, -0.2) is 23.0 Å². The van der Waals surface area contributed by atoms with Crippen molar-refractivity contribution in [2.45, 2.75) is 12.8 Å². The van der Waals surface area contributed by atoms with E-state index in [2.05, 4.69) is 9.88 Å². The average Bonchev–Trinajstić information content (AvgIpc) is 2.74. The Morgan fingerprint density at radius 3 is 2.69 bits per heavy atom. The average molecular weight is 258 g/mol. The van der Waals surface area contributed by atoms with Crippen LogP contribution in [0.15, 0.2) is 12.3 Å². The zero-order valence-electron chi connectivity index (χ0n) is 8.79. The molecule has 0 aromatic carbocycles. The van der Waals surface area contributed by atoms with Crippen molar-refractivity contribution in [1.29, 1.82) is 0 Å². The summed E-state index contributed by atoms with van der Waals surface area (Å²) >= 11 is 11.7. The largest absolute Gasteiger partial charge is 0.396 e. The molecule has 0 saturated carbocycles. The molecule has 1 saturated heterocycles. The maximum atomic E-state index is 5.85. The van der Waals surface area contributed by atoms with Crippen LogP contribution in [0.5, 0.6) is 0 Å². The fourth-order valence-corrected chi connectivity index (χ4v) is 2.17. The maximum Gasteiger partial charge on any atom is 0.154 e. The SMILES string of the molecule is Nc1c(/C=C/N2CCCC2)cc(Cl)nc1Cl. The molecule has 2 N–H and O–H groups in total. The highest BCUT2D eigenvalue weighted by Crippen LogP contribution is 2.25. The van der Waals surface area contributed by atoms with Gasteiger partial charge in [-0.15, -0.1) is 0 Å². The van der Waals surface area contributed by atoms with Gasteiger partial charge < -0.3 is 10.6 Å². The van der Waals surface area contributed by atoms with Gasteiger partial charge in [-0.2, -0.15) is 0 Å². The van der Waals surface area contributed by atoms with Crippen LogP contribution < -0.4 is 5.73 Å². The maximum absolute atomic E-state index is 5.85. The van der Waals surface area contributed by atoms with Crippen molar-refractivity contribution in [1.82, 2.24) is 9.88 Å². The fourth-order valence-electron chi connectivity index (χ4n) is 1.73. The summed E-state index contributed by atoms with van der Waals surface area (Å²) < 4.78 is 0. The lowest BCUT2D eigenvalue weighted by atomic mass is 10.2. The van der Waals surface area contributed by atoms with Gasteiger partial charge in [0.1, 0.15) is 5.15 Å².